The molecule has 0 heterocycles. The lowest BCUT2D eigenvalue weighted by atomic mass is 9.75. The van der Waals surface area contributed by atoms with E-state index in [9.17, 15) is 19.5 Å². The largest absolute Gasteiger partial charge is 0.462 e. The Balaban J connectivity index is 4.21. The number of unbranched alkanes of at least 4 members (excludes halogenated alkanes) is 10. The molecule has 0 aliphatic heterocycles. The number of rotatable bonds is 20. The molecule has 1 unspecified atom stereocenters. The van der Waals surface area contributed by atoms with Gasteiger partial charge in [0.25, 0.3) is 0 Å². The van der Waals surface area contributed by atoms with Crippen molar-refractivity contribution in [2.45, 2.75) is 110 Å². The zero-order chi connectivity index (χ0) is 23.5. The third-order valence-electron chi connectivity index (χ3n) is 5.73. The third-order valence-corrected chi connectivity index (χ3v) is 5.73. The fourth-order valence-corrected chi connectivity index (χ4v) is 3.62. The Labute approximate surface area is 188 Å². The summed E-state index contributed by atoms with van der Waals surface area (Å²) in [5.41, 5.74) is -1.81. The van der Waals surface area contributed by atoms with E-state index in [1.54, 1.807) is 0 Å². The van der Waals surface area contributed by atoms with Crippen LogP contribution in [0, 0.1) is 5.41 Å². The van der Waals surface area contributed by atoms with Gasteiger partial charge in [0.1, 0.15) is 12.7 Å². The molecule has 0 aromatic carbocycles. The predicted molar refractivity (Wildman–Crippen MR) is 123 cm³/mol. The molecule has 0 saturated heterocycles. The van der Waals surface area contributed by atoms with Crippen LogP contribution in [0.3, 0.4) is 0 Å². The first-order valence-electron chi connectivity index (χ1n) is 12.0. The number of ether oxygens (including phenoxy) is 1. The van der Waals surface area contributed by atoms with Gasteiger partial charge in [-0.15, -0.1) is 0 Å². The second kappa shape index (κ2) is 18.1. The Morgan fingerprint density at radius 3 is 1.81 bits per heavy atom. The van der Waals surface area contributed by atoms with E-state index in [1.165, 1.54) is 52.4 Å². The van der Waals surface area contributed by atoms with Crippen molar-refractivity contribution in [2.24, 2.45) is 5.41 Å². The molecule has 2 N–H and O–H groups in total. The van der Waals surface area contributed by atoms with Crippen LogP contribution in [0.4, 0.5) is 0 Å². The van der Waals surface area contributed by atoms with Gasteiger partial charge in [0.15, 0.2) is 17.0 Å². The highest BCUT2D eigenvalue weighted by Crippen LogP contribution is 2.30. The second-order valence-electron chi connectivity index (χ2n) is 8.43. The fraction of sp³-hybridized carbons (Fsp3) is 0.800. The van der Waals surface area contributed by atoms with Crippen molar-refractivity contribution < 1.29 is 29.3 Å². The molecular formula is C25H44O6. The molecule has 0 aromatic heterocycles. The number of hydrogen-bond donors (Lipinski definition) is 2. The van der Waals surface area contributed by atoms with Gasteiger partial charge in [0.05, 0.1) is 6.61 Å². The summed E-state index contributed by atoms with van der Waals surface area (Å²) < 4.78 is 4.95. The SMILES string of the molecule is CCCCCCCC/C=C\CCCCCCC(C(C)=O)(C(C)=O)C(=O)OCC(O)CO. The summed E-state index contributed by atoms with van der Waals surface area (Å²) in [6.45, 7) is 3.67. The lowest BCUT2D eigenvalue weighted by molar-refractivity contribution is -0.166. The third kappa shape index (κ3) is 12.2. The maximum Gasteiger partial charge on any atom is 0.327 e. The average molecular weight is 441 g/mol. The molecule has 0 rings (SSSR count). The van der Waals surface area contributed by atoms with Crippen LogP contribution in [0.1, 0.15) is 104 Å². The molecule has 31 heavy (non-hydrogen) atoms. The minimum Gasteiger partial charge on any atom is -0.462 e. The number of esters is 1. The van der Waals surface area contributed by atoms with Gasteiger partial charge in [-0.25, -0.2) is 0 Å². The summed E-state index contributed by atoms with van der Waals surface area (Å²) in [7, 11) is 0. The Morgan fingerprint density at radius 2 is 1.32 bits per heavy atom. The summed E-state index contributed by atoms with van der Waals surface area (Å²) in [6.07, 6.45) is 16.8. The molecule has 180 valence electrons. The van der Waals surface area contributed by atoms with Crippen molar-refractivity contribution in [1.82, 2.24) is 0 Å². The number of aliphatic hydroxyl groups is 2. The molecule has 0 aliphatic rings. The average Bonchev–Trinajstić information content (AvgIpc) is 2.74. The van der Waals surface area contributed by atoms with Crippen LogP contribution in [0.5, 0.6) is 0 Å². The number of allylic oxidation sites excluding steroid dienone is 2. The molecule has 0 aliphatic carbocycles. The van der Waals surface area contributed by atoms with E-state index in [0.717, 1.165) is 32.1 Å². The zero-order valence-corrected chi connectivity index (χ0v) is 19.9. The Hall–Kier alpha value is -1.53. The molecule has 1 atom stereocenters. The minimum absolute atomic E-state index is 0.111. The Morgan fingerprint density at radius 1 is 0.839 bits per heavy atom. The number of aliphatic hydroxyl groups excluding tert-OH is 2. The monoisotopic (exact) mass is 440 g/mol. The summed E-state index contributed by atoms with van der Waals surface area (Å²) in [4.78, 5) is 36.8. The topological polar surface area (TPSA) is 101 Å². The van der Waals surface area contributed by atoms with Crippen LogP contribution in [-0.4, -0.2) is 47.1 Å². The molecule has 0 fully saturated rings. The maximum absolute atomic E-state index is 12.5. The van der Waals surface area contributed by atoms with Crippen LogP contribution in [0.25, 0.3) is 0 Å². The van der Waals surface area contributed by atoms with Crippen molar-refractivity contribution >= 4 is 17.5 Å². The van der Waals surface area contributed by atoms with Gasteiger partial charge in [-0.05, 0) is 46.0 Å². The summed E-state index contributed by atoms with van der Waals surface area (Å²) >= 11 is 0. The molecule has 6 nitrogen and oxygen atoms in total. The first kappa shape index (κ1) is 29.5. The van der Waals surface area contributed by atoms with E-state index in [-0.39, 0.29) is 6.42 Å². The van der Waals surface area contributed by atoms with Crippen LogP contribution in [-0.2, 0) is 19.1 Å². The minimum atomic E-state index is -1.81. The molecule has 6 heteroatoms. The van der Waals surface area contributed by atoms with Crippen LogP contribution >= 0.6 is 0 Å². The predicted octanol–water partition coefficient (Wildman–Crippen LogP) is 4.69. The normalized spacial score (nSPS) is 12.8. The number of Topliss-reactive ketones (excluding diaryl/α,β-unsaturated/α-hetero) is 2. The molecule has 0 amide bonds. The van der Waals surface area contributed by atoms with E-state index < -0.39 is 42.3 Å². The summed E-state index contributed by atoms with van der Waals surface area (Å²) in [5.74, 6) is -2.01. The second-order valence-corrected chi connectivity index (χ2v) is 8.43. The molecule has 0 spiro atoms. The highest BCUT2D eigenvalue weighted by molar-refractivity contribution is 6.21. The number of hydrogen-bond acceptors (Lipinski definition) is 6. The first-order chi connectivity index (χ1) is 14.8. The van der Waals surface area contributed by atoms with E-state index in [2.05, 4.69) is 19.1 Å². The van der Waals surface area contributed by atoms with E-state index in [1.807, 2.05) is 0 Å². The standard InChI is InChI=1S/C25H44O6/c1-4-5-6-7-8-9-10-11-12-13-14-15-16-17-18-25(21(2)27,22(3)28)24(30)31-20-23(29)19-26/h11-12,23,26,29H,4-10,13-20H2,1-3H3/b12-11-. The lowest BCUT2D eigenvalue weighted by Crippen LogP contribution is -2.46. The summed E-state index contributed by atoms with van der Waals surface area (Å²) in [6, 6.07) is 0. The van der Waals surface area contributed by atoms with Crippen molar-refractivity contribution in [2.75, 3.05) is 13.2 Å². The van der Waals surface area contributed by atoms with Gasteiger partial charge in [-0.2, -0.15) is 0 Å². The number of carbonyl (C=O) groups excluding carboxylic acids is 3. The van der Waals surface area contributed by atoms with Gasteiger partial charge in [-0.3, -0.25) is 14.4 Å². The highest BCUT2D eigenvalue weighted by Gasteiger charge is 2.49. The first-order valence-corrected chi connectivity index (χ1v) is 12.0. The fourth-order valence-electron chi connectivity index (χ4n) is 3.62. The smallest absolute Gasteiger partial charge is 0.327 e. The van der Waals surface area contributed by atoms with Gasteiger partial charge in [-0.1, -0.05) is 70.4 Å². The van der Waals surface area contributed by atoms with Crippen LogP contribution in [0.2, 0.25) is 0 Å². The number of ketones is 2. The zero-order valence-electron chi connectivity index (χ0n) is 19.9. The molecule has 0 saturated carbocycles. The van der Waals surface area contributed by atoms with E-state index in [4.69, 9.17) is 9.84 Å². The van der Waals surface area contributed by atoms with Gasteiger partial charge in [0.2, 0.25) is 0 Å². The molecule has 0 radical (unpaired) electrons. The van der Waals surface area contributed by atoms with Crippen LogP contribution in [0.15, 0.2) is 12.2 Å². The molecule has 0 bridgehead atoms. The maximum atomic E-state index is 12.5. The van der Waals surface area contributed by atoms with E-state index in [0.29, 0.717) is 6.42 Å². The summed E-state index contributed by atoms with van der Waals surface area (Å²) in [5, 5.41) is 18.2. The van der Waals surface area contributed by atoms with Crippen LogP contribution < -0.4 is 0 Å². The number of carbonyl (C=O) groups is 3. The Kier molecular flexibility index (Phi) is 17.2. The highest BCUT2D eigenvalue weighted by atomic mass is 16.5. The van der Waals surface area contributed by atoms with Gasteiger partial charge in [0, 0.05) is 0 Å². The molecule has 0 aromatic rings. The Bertz CT molecular complexity index is 526. The van der Waals surface area contributed by atoms with E-state index >= 15 is 0 Å². The van der Waals surface area contributed by atoms with Crippen molar-refractivity contribution in [3.05, 3.63) is 12.2 Å². The van der Waals surface area contributed by atoms with Crippen molar-refractivity contribution in [3.63, 3.8) is 0 Å². The lowest BCUT2D eigenvalue weighted by Gasteiger charge is -2.26. The van der Waals surface area contributed by atoms with Crippen molar-refractivity contribution in [1.29, 1.82) is 0 Å². The van der Waals surface area contributed by atoms with Gasteiger partial charge >= 0.3 is 5.97 Å². The molecular weight excluding hydrogens is 396 g/mol. The van der Waals surface area contributed by atoms with Crippen molar-refractivity contribution in [3.8, 4) is 0 Å². The quantitative estimate of drug-likeness (QED) is 0.123. The van der Waals surface area contributed by atoms with Gasteiger partial charge < -0.3 is 14.9 Å².